The van der Waals surface area contributed by atoms with Crippen molar-refractivity contribution < 1.29 is 59.4 Å². The van der Waals surface area contributed by atoms with Gasteiger partial charge in [-0.05, 0) is 74.9 Å². The maximum absolute atomic E-state index is 14.0. The van der Waals surface area contributed by atoms with Crippen LogP contribution >= 0.6 is 0 Å². The quantitative estimate of drug-likeness (QED) is 0.102. The van der Waals surface area contributed by atoms with E-state index in [1.165, 1.54) is 30.9 Å². The summed E-state index contributed by atoms with van der Waals surface area (Å²) in [6, 6.07) is 0. The zero-order valence-electron chi connectivity index (χ0n) is 44.8. The Morgan fingerprint density at radius 1 is 0.448 bits per heavy atom. The van der Waals surface area contributed by atoms with Gasteiger partial charge in [-0.25, -0.2) is 0 Å². The van der Waals surface area contributed by atoms with Crippen molar-refractivity contribution >= 4 is 46.8 Å². The predicted octanol–water partition coefficient (Wildman–Crippen LogP) is 4.91. The van der Waals surface area contributed by atoms with Gasteiger partial charge in [0.25, 0.3) is 23.6 Å². The lowest BCUT2D eigenvalue weighted by molar-refractivity contribution is -0.119. The van der Waals surface area contributed by atoms with Gasteiger partial charge in [0.1, 0.15) is 13.2 Å². The molecule has 0 aromatic heterocycles. The van der Waals surface area contributed by atoms with Crippen molar-refractivity contribution in [1.82, 2.24) is 20.0 Å². The first-order valence-corrected chi connectivity index (χ1v) is 23.4. The minimum atomic E-state index is -1.23. The molecule has 6 amide bonds. The van der Waals surface area contributed by atoms with Crippen LogP contribution in [0.2, 0.25) is 0 Å². The molecule has 388 valence electrons. The van der Waals surface area contributed by atoms with Crippen molar-refractivity contribution in [1.29, 1.82) is 0 Å². The molecule has 2 aromatic rings. The average molecular weight is 955 g/mol. The van der Waals surface area contributed by atoms with Crippen molar-refractivity contribution in [2.75, 3.05) is 84.4 Å². The van der Waals surface area contributed by atoms with E-state index in [9.17, 15) is 59.4 Å². The number of carbonyl (C=O) groups is 6. The molecule has 0 spiro atoms. The Balaban J connectivity index is -0.000000984. The number of benzene rings is 2. The van der Waals surface area contributed by atoms with Crippen LogP contribution in [-0.4, -0.2) is 167 Å². The Kier molecular flexibility index (Phi) is 41.4. The number of nitrogens with one attached hydrogen (secondary N) is 3. The largest absolute Gasteiger partial charge is 0.394 e. The molecule has 67 heavy (non-hydrogen) atoms. The first-order valence-electron chi connectivity index (χ1n) is 23.4. The van der Waals surface area contributed by atoms with Crippen molar-refractivity contribution in [3.63, 3.8) is 0 Å². The van der Waals surface area contributed by atoms with Crippen LogP contribution in [0.5, 0.6) is 0 Å². The highest BCUT2D eigenvalue weighted by atomic mass is 16.3. The molecule has 0 aliphatic heterocycles. The molecule has 2 aromatic carbocycles. The fourth-order valence-electron chi connectivity index (χ4n) is 6.49. The molecule has 2 rings (SSSR count). The molecule has 0 fully saturated rings. The Morgan fingerprint density at radius 2 is 0.716 bits per heavy atom. The van der Waals surface area contributed by atoms with Crippen molar-refractivity contribution in [3.8, 4) is 0 Å². The van der Waals surface area contributed by atoms with Crippen LogP contribution < -0.4 is 16.0 Å². The topological polar surface area (TPSA) is 270 Å². The molecular formula is C49H90N6O12. The smallest absolute Gasteiger partial charge is 0.254 e. The third-order valence-electron chi connectivity index (χ3n) is 9.35. The van der Waals surface area contributed by atoms with Crippen molar-refractivity contribution in [3.05, 3.63) is 55.6 Å². The van der Waals surface area contributed by atoms with Crippen LogP contribution in [-0.2, 0) is 9.59 Å². The Hall–Kier alpha value is -4.98. The lowest BCUT2D eigenvalue weighted by Gasteiger charge is -2.27. The summed E-state index contributed by atoms with van der Waals surface area (Å²) < 4.78 is 0. The van der Waals surface area contributed by atoms with E-state index in [0.717, 1.165) is 4.90 Å². The van der Waals surface area contributed by atoms with E-state index in [-0.39, 0.29) is 70.9 Å². The number of hydrogen-bond acceptors (Lipinski definition) is 12. The minimum absolute atomic E-state index is 0.0420. The Labute approximate surface area is 402 Å². The molecule has 0 aliphatic carbocycles. The fraction of sp³-hybridized carbons (Fsp3) is 0.633. The number of aliphatic hydroxyl groups is 6. The maximum atomic E-state index is 14.0. The van der Waals surface area contributed by atoms with Crippen LogP contribution in [0.1, 0.15) is 158 Å². The zero-order chi connectivity index (χ0) is 54.1. The molecule has 0 bridgehead atoms. The van der Waals surface area contributed by atoms with Gasteiger partial charge >= 0.3 is 0 Å². The fourth-order valence-corrected chi connectivity index (χ4v) is 6.49. The van der Waals surface area contributed by atoms with Crippen LogP contribution in [0.4, 0.5) is 11.4 Å². The Morgan fingerprint density at radius 3 is 1.00 bits per heavy atom. The highest BCUT2D eigenvalue weighted by Gasteiger charge is 2.31. The number of hydrogen-bond donors (Lipinski definition) is 9. The number of amides is 6. The summed E-state index contributed by atoms with van der Waals surface area (Å²) in [4.78, 5) is 83.2. The minimum Gasteiger partial charge on any atom is -0.394 e. The van der Waals surface area contributed by atoms with Crippen LogP contribution in [0.25, 0.3) is 0 Å². The third kappa shape index (κ3) is 20.8. The van der Waals surface area contributed by atoms with Gasteiger partial charge in [0, 0.05) is 81.0 Å². The number of aliphatic hydroxyl groups excluding tert-OH is 6. The molecule has 18 nitrogen and oxygen atoms in total. The number of anilines is 2. The van der Waals surface area contributed by atoms with E-state index in [4.69, 9.17) is 0 Å². The Bertz CT molecular complexity index is 1820. The van der Waals surface area contributed by atoms with E-state index in [1.807, 2.05) is 83.1 Å². The molecule has 0 saturated heterocycles. The van der Waals surface area contributed by atoms with Gasteiger partial charge in [-0.2, -0.15) is 0 Å². The molecule has 9 N–H and O–H groups in total. The summed E-state index contributed by atoms with van der Waals surface area (Å²) in [7, 11) is 4.27. The lowest BCUT2D eigenvalue weighted by atomic mass is 9.89. The maximum Gasteiger partial charge on any atom is 0.254 e. The van der Waals surface area contributed by atoms with Crippen LogP contribution in [0.3, 0.4) is 0 Å². The van der Waals surface area contributed by atoms with Gasteiger partial charge in [0.15, 0.2) is 0 Å². The van der Waals surface area contributed by atoms with E-state index < -0.39 is 74.1 Å². The van der Waals surface area contributed by atoms with Crippen LogP contribution in [0.15, 0.2) is 0 Å². The molecule has 0 radical (unpaired) electrons. The predicted molar refractivity (Wildman–Crippen MR) is 270 cm³/mol. The van der Waals surface area contributed by atoms with Crippen molar-refractivity contribution in [2.45, 2.75) is 137 Å². The second kappa shape index (κ2) is 39.1. The summed E-state index contributed by atoms with van der Waals surface area (Å²) >= 11 is 0. The second-order valence-electron chi connectivity index (χ2n) is 13.4. The highest BCUT2D eigenvalue weighted by Crippen LogP contribution is 2.34. The summed E-state index contributed by atoms with van der Waals surface area (Å²) in [6.45, 7) is 29.8. The van der Waals surface area contributed by atoms with Gasteiger partial charge in [-0.15, -0.1) is 0 Å². The molecule has 2 unspecified atom stereocenters. The lowest BCUT2D eigenvalue weighted by Crippen LogP contribution is -2.39. The molecule has 0 aliphatic rings. The van der Waals surface area contributed by atoms with Crippen LogP contribution in [0, 0.1) is 41.5 Å². The van der Waals surface area contributed by atoms with E-state index in [1.54, 1.807) is 41.5 Å². The van der Waals surface area contributed by atoms with Gasteiger partial charge in [0.2, 0.25) is 11.8 Å². The van der Waals surface area contributed by atoms with E-state index in [2.05, 4.69) is 16.0 Å². The molecular weight excluding hydrogens is 865 g/mol. The van der Waals surface area contributed by atoms with Crippen molar-refractivity contribution in [2.24, 2.45) is 0 Å². The normalized spacial score (nSPS) is 10.4. The number of carbonyl (C=O) groups excluding carboxylic acids is 6. The van der Waals surface area contributed by atoms with E-state index in [0.29, 0.717) is 22.3 Å². The average Bonchev–Trinajstić information content (AvgIpc) is 3.34. The van der Waals surface area contributed by atoms with Gasteiger partial charge in [-0.1, -0.05) is 83.1 Å². The first-order chi connectivity index (χ1) is 31.7. The summed E-state index contributed by atoms with van der Waals surface area (Å²) in [5.41, 5.74) is 2.23. The first kappa shape index (κ1) is 71.0. The third-order valence-corrected chi connectivity index (χ3v) is 9.35. The molecule has 2 atom stereocenters. The standard InChI is InChI=1S/C37H54N6O12.6C2H6/c1-18-28(20(3)32(39-26(50)16-46)21(4)29(18)36(54)42(8)12-24(48)14-44)34(52)38-10-11-41(7)35(53)30-19(2)31(37(55)43(9)13-25(49)15-45)23(6)33(22(30)5)40-27(51)17-47;6*1-2/h24-25,44-49H,10-17H2,1-9H3,(H,38,52)(H,39,50)(H,40,51);6*1-2H3. The number of rotatable bonds is 17. The highest BCUT2D eigenvalue weighted by molar-refractivity contribution is 6.09. The molecule has 18 heteroatoms. The van der Waals surface area contributed by atoms with Gasteiger partial charge in [0.05, 0.1) is 25.4 Å². The number of nitrogens with zero attached hydrogens (tertiary/aromatic N) is 3. The summed E-state index contributed by atoms with van der Waals surface area (Å²) in [5.74, 6) is -4.00. The number of likely N-dealkylation sites (N-methyl/N-ethyl adjacent to an activating group) is 3. The zero-order valence-corrected chi connectivity index (χ0v) is 44.8. The van der Waals surface area contributed by atoms with E-state index >= 15 is 0 Å². The second-order valence-corrected chi connectivity index (χ2v) is 13.4. The SMILES string of the molecule is CC.CC.CC.CC.CC.CC.Cc1c(NC(=O)CO)c(C)c(C(=O)N(C)CC(O)CO)c(C)c1C(=O)NCCN(C)C(=O)c1c(C)c(NC(=O)CO)c(C)c(C(=O)N(C)CC(O)CO)c1C. The van der Waals surface area contributed by atoms with Gasteiger partial charge < -0.3 is 61.3 Å². The van der Waals surface area contributed by atoms with Gasteiger partial charge in [-0.3, -0.25) is 28.8 Å². The molecule has 0 heterocycles. The molecule has 0 saturated carbocycles. The monoisotopic (exact) mass is 955 g/mol. The summed E-state index contributed by atoms with van der Waals surface area (Å²) in [6.07, 6.45) is -2.46. The summed E-state index contributed by atoms with van der Waals surface area (Å²) in [5, 5.41) is 65.1.